The lowest BCUT2D eigenvalue weighted by atomic mass is 9.98. The number of carbonyl (C=O) groups excluding carboxylic acids is 4. The van der Waals surface area contributed by atoms with E-state index in [1.165, 1.54) is 6.08 Å². The maximum Gasteiger partial charge on any atom is 0.335 e. The molecule has 0 unspecified atom stereocenters. The Hall–Kier alpha value is -2.69. The first-order valence-corrected chi connectivity index (χ1v) is 6.84. The van der Waals surface area contributed by atoms with Crippen LogP contribution in [0.1, 0.15) is 19.8 Å². The largest absolute Gasteiger partial charge is 0.336 e. The third-order valence-corrected chi connectivity index (χ3v) is 3.77. The highest BCUT2D eigenvalue weighted by molar-refractivity contribution is 6.45. The molecule has 2 aliphatic rings. The van der Waals surface area contributed by atoms with Crippen molar-refractivity contribution in [3.05, 3.63) is 12.7 Å². The molecule has 2 fully saturated rings. The standard InChI is InChI=1S/C14H16N4O4/c1-3-6-17-11(20)12(21)18(13(17)22)7-10(19)16-14(2,8-15)9-4-5-9/h3,9H,1,4-7H2,2H3,(H,16,19)/t14-/m0/s1. The van der Waals surface area contributed by atoms with E-state index in [2.05, 4.69) is 11.9 Å². The third-order valence-electron chi connectivity index (χ3n) is 3.77. The van der Waals surface area contributed by atoms with Crippen LogP contribution in [-0.4, -0.2) is 52.2 Å². The second-order valence-corrected chi connectivity index (χ2v) is 5.51. The van der Waals surface area contributed by atoms with E-state index in [9.17, 15) is 24.4 Å². The molecule has 1 aliphatic heterocycles. The molecule has 0 aromatic heterocycles. The van der Waals surface area contributed by atoms with Gasteiger partial charge in [0.2, 0.25) is 5.91 Å². The summed E-state index contributed by atoms with van der Waals surface area (Å²) in [5.74, 6) is -2.61. The Kier molecular flexibility index (Phi) is 3.99. The molecule has 1 saturated carbocycles. The van der Waals surface area contributed by atoms with Crippen molar-refractivity contribution < 1.29 is 19.2 Å². The molecule has 0 radical (unpaired) electrons. The average Bonchev–Trinajstić information content (AvgIpc) is 3.30. The molecule has 1 saturated heterocycles. The fraction of sp³-hybridized carbons (Fsp3) is 0.500. The van der Waals surface area contributed by atoms with Crippen LogP contribution in [0.3, 0.4) is 0 Å². The minimum atomic E-state index is -1.05. The molecule has 1 atom stereocenters. The Morgan fingerprint density at radius 2 is 2.00 bits per heavy atom. The molecule has 1 aliphatic carbocycles. The van der Waals surface area contributed by atoms with Crippen LogP contribution < -0.4 is 5.32 Å². The van der Waals surface area contributed by atoms with E-state index < -0.39 is 35.8 Å². The van der Waals surface area contributed by atoms with Gasteiger partial charge in [0, 0.05) is 6.54 Å². The summed E-state index contributed by atoms with van der Waals surface area (Å²) in [6.07, 6.45) is 3.00. The van der Waals surface area contributed by atoms with Crippen molar-refractivity contribution in [1.82, 2.24) is 15.1 Å². The number of nitrogens with zero attached hydrogens (tertiary/aromatic N) is 3. The number of amides is 5. The van der Waals surface area contributed by atoms with Gasteiger partial charge < -0.3 is 5.32 Å². The van der Waals surface area contributed by atoms with E-state index >= 15 is 0 Å². The van der Waals surface area contributed by atoms with Crippen molar-refractivity contribution in [2.24, 2.45) is 5.92 Å². The van der Waals surface area contributed by atoms with E-state index in [0.29, 0.717) is 9.80 Å². The first-order valence-electron chi connectivity index (χ1n) is 6.84. The normalized spacial score (nSPS) is 20.6. The number of hydrogen-bond acceptors (Lipinski definition) is 5. The molecular formula is C14H16N4O4. The topological polar surface area (TPSA) is 111 Å². The Balaban J connectivity index is 2.04. The summed E-state index contributed by atoms with van der Waals surface area (Å²) in [4.78, 5) is 48.6. The summed E-state index contributed by atoms with van der Waals surface area (Å²) < 4.78 is 0. The molecule has 8 nitrogen and oxygen atoms in total. The first-order chi connectivity index (χ1) is 10.3. The van der Waals surface area contributed by atoms with Gasteiger partial charge in [-0.05, 0) is 25.7 Å². The maximum atomic E-state index is 12.0. The predicted octanol–water partition coefficient (Wildman–Crippen LogP) is -0.228. The van der Waals surface area contributed by atoms with Crippen molar-refractivity contribution in [1.29, 1.82) is 5.26 Å². The molecule has 0 aromatic rings. The Bertz CT molecular complexity index is 604. The van der Waals surface area contributed by atoms with Gasteiger partial charge in [-0.25, -0.2) is 9.69 Å². The van der Waals surface area contributed by atoms with Gasteiger partial charge in [-0.2, -0.15) is 5.26 Å². The lowest BCUT2D eigenvalue weighted by Crippen LogP contribution is -2.51. The van der Waals surface area contributed by atoms with Crippen LogP contribution in [0, 0.1) is 17.2 Å². The zero-order chi connectivity index (χ0) is 16.5. The lowest BCUT2D eigenvalue weighted by molar-refractivity contribution is -0.143. The minimum Gasteiger partial charge on any atom is -0.336 e. The number of urea groups is 1. The zero-order valence-electron chi connectivity index (χ0n) is 12.2. The van der Waals surface area contributed by atoms with Crippen LogP contribution in [0.15, 0.2) is 12.7 Å². The molecule has 116 valence electrons. The van der Waals surface area contributed by atoms with Gasteiger partial charge in [0.15, 0.2) is 0 Å². The third kappa shape index (κ3) is 2.70. The Morgan fingerprint density at radius 3 is 2.50 bits per heavy atom. The summed E-state index contributed by atoms with van der Waals surface area (Å²) in [7, 11) is 0. The van der Waals surface area contributed by atoms with Crippen LogP contribution in [0.25, 0.3) is 0 Å². The maximum absolute atomic E-state index is 12.0. The van der Waals surface area contributed by atoms with Gasteiger partial charge in [0.05, 0.1) is 6.07 Å². The Labute approximate surface area is 127 Å². The molecule has 0 aromatic carbocycles. The predicted molar refractivity (Wildman–Crippen MR) is 73.9 cm³/mol. The highest BCUT2D eigenvalue weighted by Gasteiger charge is 2.46. The van der Waals surface area contributed by atoms with E-state index in [1.807, 2.05) is 6.07 Å². The van der Waals surface area contributed by atoms with Crippen LogP contribution in [0.2, 0.25) is 0 Å². The van der Waals surface area contributed by atoms with E-state index in [4.69, 9.17) is 0 Å². The molecule has 0 bridgehead atoms. The molecule has 1 N–H and O–H groups in total. The number of hydrogen-bond donors (Lipinski definition) is 1. The number of nitriles is 1. The summed E-state index contributed by atoms with van der Waals surface area (Å²) in [5.41, 5.74) is -1.02. The molecule has 22 heavy (non-hydrogen) atoms. The molecular weight excluding hydrogens is 288 g/mol. The lowest BCUT2D eigenvalue weighted by Gasteiger charge is -2.24. The quantitative estimate of drug-likeness (QED) is 0.414. The SMILES string of the molecule is C=CCN1C(=O)C(=O)N(CC(=O)N[C@@](C)(C#N)C2CC2)C1=O. The zero-order valence-corrected chi connectivity index (χ0v) is 12.2. The second-order valence-electron chi connectivity index (χ2n) is 5.51. The molecule has 8 heteroatoms. The fourth-order valence-electron chi connectivity index (χ4n) is 2.33. The highest BCUT2D eigenvalue weighted by Crippen LogP contribution is 2.39. The second kappa shape index (κ2) is 5.60. The number of nitrogens with one attached hydrogen (secondary N) is 1. The van der Waals surface area contributed by atoms with Gasteiger partial charge in [0.25, 0.3) is 0 Å². The van der Waals surface area contributed by atoms with E-state index in [-0.39, 0.29) is 12.5 Å². The van der Waals surface area contributed by atoms with Crippen molar-refractivity contribution in [2.75, 3.05) is 13.1 Å². The van der Waals surface area contributed by atoms with E-state index in [0.717, 1.165) is 12.8 Å². The highest BCUT2D eigenvalue weighted by atomic mass is 16.2. The fourth-order valence-corrected chi connectivity index (χ4v) is 2.33. The summed E-state index contributed by atoms with van der Waals surface area (Å²) >= 11 is 0. The van der Waals surface area contributed by atoms with Crippen molar-refractivity contribution in [3.8, 4) is 6.07 Å². The molecule has 1 heterocycles. The number of rotatable bonds is 6. The first kappa shape index (κ1) is 15.7. The van der Waals surface area contributed by atoms with Gasteiger partial charge >= 0.3 is 17.8 Å². The minimum absolute atomic E-state index is 0.0744. The van der Waals surface area contributed by atoms with Crippen molar-refractivity contribution >= 4 is 23.8 Å². The summed E-state index contributed by atoms with van der Waals surface area (Å²) in [5, 5.41) is 11.7. The van der Waals surface area contributed by atoms with Gasteiger partial charge in [0.1, 0.15) is 12.1 Å². The summed E-state index contributed by atoms with van der Waals surface area (Å²) in [6.45, 7) is 4.32. The van der Waals surface area contributed by atoms with Crippen molar-refractivity contribution in [3.63, 3.8) is 0 Å². The Morgan fingerprint density at radius 1 is 1.41 bits per heavy atom. The molecule has 5 amide bonds. The van der Waals surface area contributed by atoms with Crippen molar-refractivity contribution in [2.45, 2.75) is 25.3 Å². The van der Waals surface area contributed by atoms with Crippen LogP contribution in [0.5, 0.6) is 0 Å². The van der Waals surface area contributed by atoms with Gasteiger partial charge in [-0.3, -0.25) is 19.3 Å². The number of imide groups is 2. The van der Waals surface area contributed by atoms with Crippen LogP contribution in [0.4, 0.5) is 4.79 Å². The monoisotopic (exact) mass is 304 g/mol. The average molecular weight is 304 g/mol. The molecule has 2 rings (SSSR count). The van der Waals surface area contributed by atoms with E-state index in [1.54, 1.807) is 6.92 Å². The summed E-state index contributed by atoms with van der Waals surface area (Å²) in [6, 6.07) is 1.19. The van der Waals surface area contributed by atoms with Crippen LogP contribution >= 0.6 is 0 Å². The van der Waals surface area contributed by atoms with Gasteiger partial charge in [-0.1, -0.05) is 6.08 Å². The molecule has 0 spiro atoms. The van der Waals surface area contributed by atoms with Crippen LogP contribution in [-0.2, 0) is 14.4 Å². The van der Waals surface area contributed by atoms with Gasteiger partial charge in [-0.15, -0.1) is 6.58 Å². The smallest absolute Gasteiger partial charge is 0.335 e. The number of carbonyl (C=O) groups is 4.